The molecule has 0 radical (unpaired) electrons. The van der Waals surface area contributed by atoms with Crippen molar-refractivity contribution >= 4 is 50.0 Å². The standard InChI is InChI=1S/C20H20ClN3O3S2/c21-15-7-6-14(19(25)22-9-8-13-4-2-1-3-5-13)10-16(15)23-20-24-17-11-29(26,27)12-18(17)28-20/h1-7,10,17-18H,8-9,11-12H2,(H,22,25)(H,23,24)/t17-,18-/m1/s1. The second kappa shape index (κ2) is 8.38. The summed E-state index contributed by atoms with van der Waals surface area (Å²) < 4.78 is 23.4. The van der Waals surface area contributed by atoms with E-state index in [1.54, 1.807) is 18.2 Å². The molecule has 0 spiro atoms. The van der Waals surface area contributed by atoms with Crippen molar-refractivity contribution in [3.8, 4) is 0 Å². The number of thioether (sulfide) groups is 1. The number of aliphatic imine (C=N–C) groups is 1. The van der Waals surface area contributed by atoms with E-state index in [4.69, 9.17) is 11.6 Å². The number of hydrogen-bond donors (Lipinski definition) is 2. The number of nitrogens with one attached hydrogen (secondary N) is 2. The highest BCUT2D eigenvalue weighted by atomic mass is 35.5. The molecule has 2 aliphatic heterocycles. The van der Waals surface area contributed by atoms with Gasteiger partial charge in [-0.3, -0.25) is 9.79 Å². The maximum absolute atomic E-state index is 12.5. The van der Waals surface area contributed by atoms with E-state index in [0.29, 0.717) is 28.0 Å². The summed E-state index contributed by atoms with van der Waals surface area (Å²) in [6.07, 6.45) is 0.754. The molecule has 2 N–H and O–H groups in total. The molecule has 1 saturated heterocycles. The van der Waals surface area contributed by atoms with Crippen molar-refractivity contribution in [1.82, 2.24) is 5.32 Å². The predicted octanol–water partition coefficient (Wildman–Crippen LogP) is 2.99. The Bertz CT molecular complexity index is 1060. The Kier molecular flexibility index (Phi) is 5.85. The van der Waals surface area contributed by atoms with Gasteiger partial charge in [0.25, 0.3) is 5.91 Å². The van der Waals surface area contributed by atoms with Crippen molar-refractivity contribution in [2.24, 2.45) is 4.99 Å². The van der Waals surface area contributed by atoms with E-state index in [0.717, 1.165) is 12.0 Å². The number of carbonyl (C=O) groups is 1. The van der Waals surface area contributed by atoms with E-state index in [1.165, 1.54) is 11.8 Å². The Hall–Kier alpha value is -2.03. The number of halogens is 1. The van der Waals surface area contributed by atoms with Crippen molar-refractivity contribution in [1.29, 1.82) is 0 Å². The molecule has 9 heteroatoms. The van der Waals surface area contributed by atoms with E-state index in [2.05, 4.69) is 15.6 Å². The summed E-state index contributed by atoms with van der Waals surface area (Å²) in [7, 11) is -2.99. The molecule has 29 heavy (non-hydrogen) atoms. The van der Waals surface area contributed by atoms with Gasteiger partial charge in [-0.2, -0.15) is 0 Å². The van der Waals surface area contributed by atoms with Gasteiger partial charge in [0.2, 0.25) is 0 Å². The number of nitrogens with zero attached hydrogens (tertiary/aromatic N) is 1. The number of benzene rings is 2. The molecule has 1 amide bonds. The van der Waals surface area contributed by atoms with Crippen molar-refractivity contribution < 1.29 is 13.2 Å². The van der Waals surface area contributed by atoms with Gasteiger partial charge in [0.1, 0.15) is 0 Å². The van der Waals surface area contributed by atoms with Gasteiger partial charge in [0, 0.05) is 17.4 Å². The van der Waals surface area contributed by atoms with E-state index < -0.39 is 9.84 Å². The Morgan fingerprint density at radius 3 is 2.72 bits per heavy atom. The average molecular weight is 450 g/mol. The zero-order chi connectivity index (χ0) is 20.4. The summed E-state index contributed by atoms with van der Waals surface area (Å²) in [5.41, 5.74) is 2.24. The van der Waals surface area contributed by atoms with E-state index in [-0.39, 0.29) is 28.7 Å². The third-order valence-corrected chi connectivity index (χ3v) is 8.30. The van der Waals surface area contributed by atoms with Crippen LogP contribution >= 0.6 is 23.4 Å². The Morgan fingerprint density at radius 2 is 1.97 bits per heavy atom. The van der Waals surface area contributed by atoms with Crippen LogP contribution in [-0.2, 0) is 16.3 Å². The van der Waals surface area contributed by atoms with Crippen LogP contribution in [0.5, 0.6) is 0 Å². The molecule has 2 heterocycles. The molecule has 6 nitrogen and oxygen atoms in total. The van der Waals surface area contributed by atoms with Gasteiger partial charge >= 0.3 is 0 Å². The molecule has 0 aliphatic carbocycles. The van der Waals surface area contributed by atoms with Crippen LogP contribution in [0.1, 0.15) is 15.9 Å². The second-order valence-corrected chi connectivity index (χ2v) is 10.8. The molecular formula is C20H20ClN3O3S2. The molecule has 1 fully saturated rings. The van der Waals surface area contributed by atoms with E-state index >= 15 is 0 Å². The number of carbonyl (C=O) groups excluding carboxylic acids is 1. The smallest absolute Gasteiger partial charge is 0.251 e. The van der Waals surface area contributed by atoms with Crippen LogP contribution in [-0.4, -0.2) is 48.8 Å². The Morgan fingerprint density at radius 1 is 1.17 bits per heavy atom. The number of amidine groups is 1. The predicted molar refractivity (Wildman–Crippen MR) is 119 cm³/mol. The second-order valence-electron chi connectivity index (χ2n) is 7.05. The average Bonchev–Trinajstić information content (AvgIpc) is 3.16. The zero-order valence-electron chi connectivity index (χ0n) is 15.5. The topological polar surface area (TPSA) is 87.6 Å². The minimum absolute atomic E-state index is 0.0502. The summed E-state index contributed by atoms with van der Waals surface area (Å²) in [6, 6.07) is 14.8. The Labute approximate surface area is 179 Å². The van der Waals surface area contributed by atoms with Crippen LogP contribution in [0.3, 0.4) is 0 Å². The van der Waals surface area contributed by atoms with E-state index in [1.807, 2.05) is 30.3 Å². The summed E-state index contributed by atoms with van der Waals surface area (Å²) in [5.74, 6) is 0.0619. The monoisotopic (exact) mass is 449 g/mol. The molecule has 152 valence electrons. The minimum Gasteiger partial charge on any atom is -0.352 e. The van der Waals surface area contributed by atoms with Crippen LogP contribution in [0, 0.1) is 0 Å². The number of fused-ring (bicyclic) bond motifs is 1. The van der Waals surface area contributed by atoms with Crippen molar-refractivity contribution in [3.63, 3.8) is 0 Å². The fourth-order valence-electron chi connectivity index (χ4n) is 3.36. The summed E-state index contributed by atoms with van der Waals surface area (Å²) in [5, 5.41) is 7.12. The van der Waals surface area contributed by atoms with Gasteiger partial charge in [0.05, 0.1) is 28.3 Å². The first-order valence-electron chi connectivity index (χ1n) is 9.23. The lowest BCUT2D eigenvalue weighted by Crippen LogP contribution is -2.25. The molecule has 0 bridgehead atoms. The first-order chi connectivity index (χ1) is 13.9. The summed E-state index contributed by atoms with van der Waals surface area (Å²) in [4.78, 5) is 17.0. The minimum atomic E-state index is -2.99. The summed E-state index contributed by atoms with van der Waals surface area (Å²) >= 11 is 7.69. The number of amides is 1. The maximum atomic E-state index is 12.5. The summed E-state index contributed by atoms with van der Waals surface area (Å²) in [6.45, 7) is 0.536. The SMILES string of the molecule is O=C(NCCc1ccccc1)c1ccc(Cl)c(NC2=N[C@@H]3CS(=O)(=O)C[C@H]3S2)c1. The number of sulfone groups is 1. The lowest BCUT2D eigenvalue weighted by atomic mass is 10.1. The molecule has 0 aromatic heterocycles. The van der Waals surface area contributed by atoms with Crippen molar-refractivity contribution in [2.45, 2.75) is 17.7 Å². The largest absolute Gasteiger partial charge is 0.352 e. The zero-order valence-corrected chi connectivity index (χ0v) is 17.9. The lowest BCUT2D eigenvalue weighted by Gasteiger charge is -2.11. The van der Waals surface area contributed by atoms with Gasteiger partial charge < -0.3 is 10.6 Å². The van der Waals surface area contributed by atoms with Gasteiger partial charge in [-0.05, 0) is 30.2 Å². The fourth-order valence-corrected chi connectivity index (χ4v) is 7.19. The third-order valence-electron chi connectivity index (χ3n) is 4.83. The lowest BCUT2D eigenvalue weighted by molar-refractivity contribution is 0.0954. The highest BCUT2D eigenvalue weighted by Gasteiger charge is 2.42. The molecule has 2 aliphatic rings. The quantitative estimate of drug-likeness (QED) is 0.732. The molecule has 2 atom stereocenters. The van der Waals surface area contributed by atoms with Crippen LogP contribution < -0.4 is 10.6 Å². The first kappa shape index (κ1) is 20.3. The maximum Gasteiger partial charge on any atom is 0.251 e. The van der Waals surface area contributed by atoms with Gasteiger partial charge in [0.15, 0.2) is 15.0 Å². The molecule has 2 aromatic carbocycles. The van der Waals surface area contributed by atoms with Crippen LogP contribution in [0.4, 0.5) is 5.69 Å². The molecule has 2 aromatic rings. The normalized spacial score (nSPS) is 22.0. The highest BCUT2D eigenvalue weighted by Crippen LogP contribution is 2.35. The van der Waals surface area contributed by atoms with Crippen LogP contribution in [0.2, 0.25) is 5.02 Å². The molecule has 4 rings (SSSR count). The fraction of sp³-hybridized carbons (Fsp3) is 0.300. The first-order valence-corrected chi connectivity index (χ1v) is 12.3. The van der Waals surface area contributed by atoms with Gasteiger partial charge in [-0.15, -0.1) is 0 Å². The Balaban J connectivity index is 1.38. The molecule has 0 saturated carbocycles. The van der Waals surface area contributed by atoms with Crippen molar-refractivity contribution in [2.75, 3.05) is 23.4 Å². The van der Waals surface area contributed by atoms with Crippen LogP contribution in [0.15, 0.2) is 53.5 Å². The number of rotatable bonds is 5. The van der Waals surface area contributed by atoms with E-state index in [9.17, 15) is 13.2 Å². The number of anilines is 1. The third kappa shape index (κ3) is 4.94. The highest BCUT2D eigenvalue weighted by molar-refractivity contribution is 8.15. The van der Waals surface area contributed by atoms with Gasteiger partial charge in [-0.25, -0.2) is 8.42 Å². The van der Waals surface area contributed by atoms with Gasteiger partial charge in [-0.1, -0.05) is 53.7 Å². The number of hydrogen-bond acceptors (Lipinski definition) is 6. The van der Waals surface area contributed by atoms with Crippen LogP contribution in [0.25, 0.3) is 0 Å². The van der Waals surface area contributed by atoms with Crippen molar-refractivity contribution in [3.05, 3.63) is 64.7 Å². The molecular weight excluding hydrogens is 430 g/mol. The molecule has 0 unspecified atom stereocenters.